The van der Waals surface area contributed by atoms with Gasteiger partial charge in [0, 0.05) is 22.9 Å². The van der Waals surface area contributed by atoms with E-state index in [1.165, 1.54) is 0 Å². The lowest BCUT2D eigenvalue weighted by atomic mass is 11.4. The predicted molar refractivity (Wildman–Crippen MR) is 32.2 cm³/mol. The standard InChI is InChI=1S/C4H12O2Si/c1-5-3-6-4-7-2/h3-4,7H2,1-2H3. The van der Waals surface area contributed by atoms with Crippen LogP contribution >= 0.6 is 0 Å². The van der Waals surface area contributed by atoms with Crippen LogP contribution in [0.3, 0.4) is 0 Å². The highest BCUT2D eigenvalue weighted by molar-refractivity contribution is 6.33. The number of methoxy groups -OCH3 is 1. The van der Waals surface area contributed by atoms with Crippen LogP contribution in [0.2, 0.25) is 6.55 Å². The number of ether oxygens (including phenoxy) is 2. The normalized spacial score (nSPS) is 11.1. The molecule has 0 spiro atoms. The van der Waals surface area contributed by atoms with Crippen molar-refractivity contribution in [1.82, 2.24) is 0 Å². The summed E-state index contributed by atoms with van der Waals surface area (Å²) < 4.78 is 9.62. The van der Waals surface area contributed by atoms with Gasteiger partial charge in [0.2, 0.25) is 0 Å². The van der Waals surface area contributed by atoms with Gasteiger partial charge in [0.05, 0.1) is 0 Å². The van der Waals surface area contributed by atoms with E-state index in [-0.39, 0.29) is 9.52 Å². The largest absolute Gasteiger partial charge is 0.359 e. The van der Waals surface area contributed by atoms with Crippen LogP contribution in [0.4, 0.5) is 0 Å². The van der Waals surface area contributed by atoms with Crippen molar-refractivity contribution in [2.24, 2.45) is 0 Å². The van der Waals surface area contributed by atoms with Gasteiger partial charge in [-0.25, -0.2) is 0 Å². The maximum absolute atomic E-state index is 4.97. The molecule has 0 aliphatic carbocycles. The fourth-order valence-corrected chi connectivity index (χ4v) is 0.693. The van der Waals surface area contributed by atoms with Crippen LogP contribution in [0.15, 0.2) is 0 Å². The summed E-state index contributed by atoms with van der Waals surface area (Å²) in [6.07, 6.45) is 0.938. The second kappa shape index (κ2) is 6.14. The quantitative estimate of drug-likeness (QED) is 0.290. The Morgan fingerprint density at radius 2 is 2.29 bits per heavy atom. The minimum Gasteiger partial charge on any atom is -0.359 e. The zero-order valence-electron chi connectivity index (χ0n) is 4.94. The van der Waals surface area contributed by atoms with Gasteiger partial charge in [0.15, 0.2) is 0 Å². The molecule has 0 amide bonds. The van der Waals surface area contributed by atoms with E-state index in [0.29, 0.717) is 6.79 Å². The van der Waals surface area contributed by atoms with Crippen LogP contribution in [0.1, 0.15) is 0 Å². The van der Waals surface area contributed by atoms with E-state index in [0.717, 1.165) is 6.23 Å². The molecule has 0 rings (SSSR count). The SMILES string of the molecule is COCOC[SiH2]C. The molecular weight excluding hydrogens is 108 g/mol. The molecule has 0 aromatic carbocycles. The lowest BCUT2D eigenvalue weighted by molar-refractivity contribution is -0.0122. The van der Waals surface area contributed by atoms with Crippen LogP contribution in [-0.4, -0.2) is 29.7 Å². The molecule has 2 nitrogen and oxygen atoms in total. The molecule has 0 unspecified atom stereocenters. The molecule has 0 N–H and O–H groups in total. The highest BCUT2D eigenvalue weighted by Crippen LogP contribution is 1.70. The molecule has 0 aromatic heterocycles. The van der Waals surface area contributed by atoms with Gasteiger partial charge < -0.3 is 9.47 Å². The van der Waals surface area contributed by atoms with Crippen molar-refractivity contribution in [2.45, 2.75) is 6.55 Å². The van der Waals surface area contributed by atoms with Crippen molar-refractivity contribution in [3.63, 3.8) is 0 Å². The second-order valence-corrected chi connectivity index (χ2v) is 2.72. The molecule has 0 saturated heterocycles. The summed E-state index contributed by atoms with van der Waals surface area (Å²) in [5, 5.41) is 0. The van der Waals surface area contributed by atoms with E-state index in [9.17, 15) is 0 Å². The summed E-state index contributed by atoms with van der Waals surface area (Å²) in [7, 11) is 1.73. The third kappa shape index (κ3) is 6.14. The van der Waals surface area contributed by atoms with Gasteiger partial charge in [-0.2, -0.15) is 0 Å². The number of hydrogen-bond acceptors (Lipinski definition) is 2. The van der Waals surface area contributed by atoms with E-state index in [4.69, 9.17) is 4.74 Å². The van der Waals surface area contributed by atoms with Crippen molar-refractivity contribution in [1.29, 1.82) is 0 Å². The topological polar surface area (TPSA) is 18.5 Å². The van der Waals surface area contributed by atoms with Gasteiger partial charge in [-0.15, -0.1) is 0 Å². The Morgan fingerprint density at radius 1 is 1.57 bits per heavy atom. The monoisotopic (exact) mass is 120 g/mol. The van der Waals surface area contributed by atoms with Gasteiger partial charge in [-0.1, -0.05) is 6.55 Å². The third-order valence-corrected chi connectivity index (χ3v) is 1.25. The Morgan fingerprint density at radius 3 is 2.71 bits per heavy atom. The van der Waals surface area contributed by atoms with Crippen molar-refractivity contribution in [2.75, 3.05) is 20.1 Å². The van der Waals surface area contributed by atoms with Crippen molar-refractivity contribution >= 4 is 9.52 Å². The van der Waals surface area contributed by atoms with Gasteiger partial charge in [0.1, 0.15) is 6.79 Å². The van der Waals surface area contributed by atoms with Crippen LogP contribution in [0, 0.1) is 0 Å². The molecule has 7 heavy (non-hydrogen) atoms. The molecule has 0 aromatic rings. The summed E-state index contributed by atoms with van der Waals surface area (Å²) in [4.78, 5) is 0. The summed E-state index contributed by atoms with van der Waals surface area (Å²) in [5.74, 6) is 0. The smallest absolute Gasteiger partial charge is 0.145 e. The zero-order chi connectivity index (χ0) is 5.54. The molecule has 3 heteroatoms. The van der Waals surface area contributed by atoms with Crippen LogP contribution in [0.5, 0.6) is 0 Å². The Balaban J connectivity index is 2.45. The highest BCUT2D eigenvalue weighted by atomic mass is 28.2. The lowest BCUT2D eigenvalue weighted by Gasteiger charge is -1.96. The average Bonchev–Trinajstić information content (AvgIpc) is 1.69. The van der Waals surface area contributed by atoms with E-state index in [1.54, 1.807) is 7.11 Å². The van der Waals surface area contributed by atoms with E-state index >= 15 is 0 Å². The highest BCUT2D eigenvalue weighted by Gasteiger charge is 1.78. The van der Waals surface area contributed by atoms with Gasteiger partial charge in [-0.3, -0.25) is 0 Å². The summed E-state index contributed by atoms with van der Waals surface area (Å²) in [5.41, 5.74) is 0. The molecular formula is C4H12O2Si. The van der Waals surface area contributed by atoms with Crippen molar-refractivity contribution in [3.05, 3.63) is 0 Å². The summed E-state index contributed by atoms with van der Waals surface area (Å²) >= 11 is 0. The Kier molecular flexibility index (Phi) is 6.26. The van der Waals surface area contributed by atoms with Gasteiger partial charge in [-0.05, 0) is 0 Å². The Bertz CT molecular complexity index is 28.9. The van der Waals surface area contributed by atoms with Crippen LogP contribution in [0.25, 0.3) is 0 Å². The Hall–Kier alpha value is 0.137. The van der Waals surface area contributed by atoms with E-state index in [1.807, 2.05) is 0 Å². The lowest BCUT2D eigenvalue weighted by Crippen LogP contribution is -2.01. The molecule has 0 radical (unpaired) electrons. The maximum Gasteiger partial charge on any atom is 0.145 e. The first-order valence-corrected chi connectivity index (χ1v) is 4.90. The molecule has 0 atom stereocenters. The van der Waals surface area contributed by atoms with Gasteiger partial charge in [0.25, 0.3) is 0 Å². The predicted octanol–water partition coefficient (Wildman–Crippen LogP) is -0.219. The Labute approximate surface area is 46.6 Å². The minimum absolute atomic E-state index is 0.0915. The average molecular weight is 120 g/mol. The molecule has 0 saturated carbocycles. The fraction of sp³-hybridized carbons (Fsp3) is 1.00. The second-order valence-electron chi connectivity index (χ2n) is 1.31. The summed E-state index contributed by atoms with van der Waals surface area (Å²) in [6, 6.07) is 0. The van der Waals surface area contributed by atoms with E-state index in [2.05, 4.69) is 11.3 Å². The zero-order valence-corrected chi connectivity index (χ0v) is 6.35. The number of hydrogen-bond donors (Lipinski definition) is 0. The molecule has 0 fully saturated rings. The maximum atomic E-state index is 4.97. The fourth-order valence-electron chi connectivity index (χ4n) is 0.287. The summed E-state index contributed by atoms with van der Waals surface area (Å²) in [6.45, 7) is 2.66. The van der Waals surface area contributed by atoms with Gasteiger partial charge >= 0.3 is 0 Å². The molecule has 0 bridgehead atoms. The van der Waals surface area contributed by atoms with Crippen molar-refractivity contribution < 1.29 is 9.47 Å². The molecule has 0 aliphatic rings. The van der Waals surface area contributed by atoms with Crippen molar-refractivity contribution in [3.8, 4) is 0 Å². The van der Waals surface area contributed by atoms with Crippen LogP contribution < -0.4 is 0 Å². The van der Waals surface area contributed by atoms with Crippen LogP contribution in [-0.2, 0) is 9.47 Å². The minimum atomic E-state index is 0.0915. The molecule has 44 valence electrons. The van der Waals surface area contributed by atoms with E-state index < -0.39 is 0 Å². The molecule has 0 heterocycles. The molecule has 0 aliphatic heterocycles. The first kappa shape index (κ1) is 7.14. The first-order valence-electron chi connectivity index (χ1n) is 2.48. The third-order valence-electron chi connectivity index (χ3n) is 0.550. The first-order chi connectivity index (χ1) is 3.41. The number of rotatable bonds is 4.